The minimum atomic E-state index is -0.612. The fourth-order valence-corrected chi connectivity index (χ4v) is 11.1. The van der Waals surface area contributed by atoms with Crippen LogP contribution in [0.1, 0.15) is 0 Å². The molecule has 0 aliphatic heterocycles. The van der Waals surface area contributed by atoms with Crippen LogP contribution in [-0.4, -0.2) is 27.5 Å². The van der Waals surface area contributed by atoms with E-state index in [-0.39, 0.29) is 11.8 Å². The molecule has 1 rings (SSSR count). The molecule has 18 heavy (non-hydrogen) atoms. The molecule has 0 radical (unpaired) electrons. The summed E-state index contributed by atoms with van der Waals surface area (Å²) in [5.41, 5.74) is 0. The van der Waals surface area contributed by atoms with Crippen molar-refractivity contribution in [2.75, 3.05) is 0 Å². The predicted molar refractivity (Wildman–Crippen MR) is 96.5 cm³/mol. The third kappa shape index (κ3) is 3.63. The highest BCUT2D eigenvalue weighted by atomic mass is 127. The lowest BCUT2D eigenvalue weighted by Crippen LogP contribution is -2.54. The van der Waals surface area contributed by atoms with Crippen molar-refractivity contribution < 1.29 is 14.4 Å². The van der Waals surface area contributed by atoms with Gasteiger partial charge < -0.3 is 0 Å². The highest BCUT2D eigenvalue weighted by Gasteiger charge is 2.54. The van der Waals surface area contributed by atoms with Gasteiger partial charge in [-0.1, -0.05) is 67.8 Å². The fraction of sp³-hybridized carbons (Fsp3) is 0.667. The SMILES string of the molecule is O=C(Cl)C1C(I)C(C(=O)Cl)C(I)C(C(=O)Cl)C1I. The minimum absolute atomic E-state index is 0.339. The molecule has 1 saturated carbocycles. The molecule has 102 valence electrons. The van der Waals surface area contributed by atoms with Gasteiger partial charge >= 0.3 is 0 Å². The molecule has 0 atom stereocenters. The second-order valence-electron chi connectivity index (χ2n) is 3.82. The van der Waals surface area contributed by atoms with E-state index in [0.29, 0.717) is 0 Å². The Bertz CT molecular complexity index is 323. The van der Waals surface area contributed by atoms with E-state index in [4.69, 9.17) is 34.8 Å². The molecule has 0 saturated heterocycles. The Kier molecular flexibility index (Phi) is 7.42. The smallest absolute Gasteiger partial charge is 0.226 e. The number of carbonyl (C=O) groups is 3. The normalized spacial score (nSPS) is 40.3. The zero-order chi connectivity index (χ0) is 14.2. The Balaban J connectivity index is 3.22. The minimum Gasteiger partial charge on any atom is -0.281 e. The van der Waals surface area contributed by atoms with E-state index in [2.05, 4.69) is 0 Å². The Hall–Kier alpha value is 2.07. The molecule has 0 N–H and O–H groups in total. The van der Waals surface area contributed by atoms with Gasteiger partial charge in [0.1, 0.15) is 0 Å². The fourth-order valence-electron chi connectivity index (χ4n) is 1.95. The number of hydrogen-bond donors (Lipinski definition) is 0. The number of hydrogen-bond acceptors (Lipinski definition) is 3. The van der Waals surface area contributed by atoms with E-state index in [1.54, 1.807) is 0 Å². The first-order chi connectivity index (χ1) is 8.20. The molecule has 9 heteroatoms. The third-order valence-electron chi connectivity index (χ3n) is 2.84. The van der Waals surface area contributed by atoms with Crippen LogP contribution in [0.15, 0.2) is 0 Å². The summed E-state index contributed by atoms with van der Waals surface area (Å²) < 4.78 is -1.02. The molecule has 0 aromatic carbocycles. The molecule has 3 nitrogen and oxygen atoms in total. The monoisotopic (exact) mass is 648 g/mol. The summed E-state index contributed by atoms with van der Waals surface area (Å²) in [6.45, 7) is 0. The van der Waals surface area contributed by atoms with Crippen LogP contribution in [0.25, 0.3) is 0 Å². The first kappa shape index (κ1) is 18.1. The molecule has 0 unspecified atom stereocenters. The van der Waals surface area contributed by atoms with Crippen LogP contribution in [0.3, 0.4) is 0 Å². The summed E-state index contributed by atoms with van der Waals surface area (Å²) in [6.07, 6.45) is 0. The van der Waals surface area contributed by atoms with Crippen LogP contribution < -0.4 is 0 Å². The summed E-state index contributed by atoms with van der Waals surface area (Å²) in [5.74, 6) is -1.84. The zero-order valence-corrected chi connectivity index (χ0v) is 17.2. The lowest BCUT2D eigenvalue weighted by atomic mass is 9.76. The topological polar surface area (TPSA) is 51.2 Å². The van der Waals surface area contributed by atoms with E-state index < -0.39 is 33.5 Å². The van der Waals surface area contributed by atoms with Gasteiger partial charge in [-0.05, 0) is 34.8 Å². The quantitative estimate of drug-likeness (QED) is 0.267. The van der Waals surface area contributed by atoms with E-state index in [9.17, 15) is 14.4 Å². The van der Waals surface area contributed by atoms with E-state index >= 15 is 0 Å². The molecular weight excluding hydrogens is 643 g/mol. The van der Waals surface area contributed by atoms with E-state index in [1.165, 1.54) is 0 Å². The van der Waals surface area contributed by atoms with Gasteiger partial charge in [-0.3, -0.25) is 14.4 Å². The molecule has 0 aromatic rings. The third-order valence-corrected chi connectivity index (χ3v) is 8.25. The lowest BCUT2D eigenvalue weighted by molar-refractivity contribution is -0.121. The second-order valence-corrected chi connectivity index (χ2v) is 9.26. The molecule has 0 heterocycles. The maximum absolute atomic E-state index is 11.5. The Labute approximate surface area is 160 Å². The standard InChI is InChI=1S/C9H6Cl3I3O3/c10-7(16)1-4(13)2(8(11)17)6(15)3(5(1)14)9(12)18/h1-6H. The highest BCUT2D eigenvalue weighted by Crippen LogP contribution is 2.48. The first-order valence-corrected chi connectivity index (χ1v) is 9.57. The van der Waals surface area contributed by atoms with Crippen LogP contribution in [0.5, 0.6) is 0 Å². The number of alkyl halides is 3. The van der Waals surface area contributed by atoms with Crippen LogP contribution >= 0.6 is 103 Å². The van der Waals surface area contributed by atoms with Crippen LogP contribution in [0.2, 0.25) is 0 Å². The summed E-state index contributed by atoms with van der Waals surface area (Å²) >= 11 is 22.7. The van der Waals surface area contributed by atoms with Gasteiger partial charge in [0, 0.05) is 11.8 Å². The molecule has 0 amide bonds. The van der Waals surface area contributed by atoms with Gasteiger partial charge in [0.25, 0.3) is 0 Å². The lowest BCUT2D eigenvalue weighted by Gasteiger charge is -2.42. The summed E-state index contributed by atoms with van der Waals surface area (Å²) in [5, 5.41) is -1.70. The molecule has 0 aromatic heterocycles. The second kappa shape index (κ2) is 7.37. The predicted octanol–water partition coefficient (Wildman–Crippen LogP) is 3.56. The van der Waals surface area contributed by atoms with Crippen molar-refractivity contribution in [3.05, 3.63) is 0 Å². The van der Waals surface area contributed by atoms with Gasteiger partial charge in [-0.25, -0.2) is 0 Å². The Morgan fingerprint density at radius 2 is 0.778 bits per heavy atom. The van der Waals surface area contributed by atoms with Gasteiger partial charge in [-0.15, -0.1) is 0 Å². The Morgan fingerprint density at radius 3 is 0.889 bits per heavy atom. The average molecular weight is 649 g/mol. The summed E-state index contributed by atoms with van der Waals surface area (Å²) in [6, 6.07) is 0. The zero-order valence-electron chi connectivity index (χ0n) is 8.46. The van der Waals surface area contributed by atoms with Crippen molar-refractivity contribution in [1.82, 2.24) is 0 Å². The van der Waals surface area contributed by atoms with Crippen molar-refractivity contribution in [3.63, 3.8) is 0 Å². The van der Waals surface area contributed by atoms with Crippen molar-refractivity contribution in [2.45, 2.75) is 11.8 Å². The molecule has 1 aliphatic carbocycles. The van der Waals surface area contributed by atoms with Crippen molar-refractivity contribution in [3.8, 4) is 0 Å². The van der Waals surface area contributed by atoms with Gasteiger partial charge in [0.05, 0.1) is 17.8 Å². The van der Waals surface area contributed by atoms with Gasteiger partial charge in [-0.2, -0.15) is 0 Å². The molecule has 0 spiro atoms. The molecule has 1 fully saturated rings. The number of halogens is 6. The van der Waals surface area contributed by atoms with Gasteiger partial charge in [0.15, 0.2) is 0 Å². The van der Waals surface area contributed by atoms with Crippen molar-refractivity contribution >= 4 is 118 Å². The largest absolute Gasteiger partial charge is 0.281 e. The Morgan fingerprint density at radius 1 is 0.611 bits per heavy atom. The maximum Gasteiger partial charge on any atom is 0.226 e. The van der Waals surface area contributed by atoms with E-state index in [0.717, 1.165) is 0 Å². The highest BCUT2D eigenvalue weighted by molar-refractivity contribution is 14.1. The number of rotatable bonds is 3. The number of carbonyl (C=O) groups excluding carboxylic acids is 3. The van der Waals surface area contributed by atoms with Crippen LogP contribution in [-0.2, 0) is 14.4 Å². The average Bonchev–Trinajstić information content (AvgIpc) is 2.14. The van der Waals surface area contributed by atoms with Crippen molar-refractivity contribution in [2.24, 2.45) is 17.8 Å². The molecular formula is C9H6Cl3I3O3. The molecule has 1 aliphatic rings. The molecule has 0 bridgehead atoms. The van der Waals surface area contributed by atoms with Crippen LogP contribution in [0.4, 0.5) is 0 Å². The van der Waals surface area contributed by atoms with E-state index in [1.807, 2.05) is 67.8 Å². The van der Waals surface area contributed by atoms with Crippen molar-refractivity contribution in [1.29, 1.82) is 0 Å². The maximum atomic E-state index is 11.5. The first-order valence-electron chi connectivity index (χ1n) is 4.70. The summed E-state index contributed by atoms with van der Waals surface area (Å²) in [7, 11) is 0. The summed E-state index contributed by atoms with van der Waals surface area (Å²) in [4.78, 5) is 34.5. The van der Waals surface area contributed by atoms with Gasteiger partial charge in [0.2, 0.25) is 15.7 Å². The van der Waals surface area contributed by atoms with Crippen LogP contribution in [0, 0.1) is 17.8 Å².